The Morgan fingerprint density at radius 3 is 2.53 bits per heavy atom. The van der Waals surface area contributed by atoms with Crippen LogP contribution in [0.2, 0.25) is 0 Å². The summed E-state index contributed by atoms with van der Waals surface area (Å²) < 4.78 is 55.2. The minimum absolute atomic E-state index is 0.144. The van der Waals surface area contributed by atoms with E-state index in [4.69, 9.17) is 14.0 Å². The van der Waals surface area contributed by atoms with E-state index in [-0.39, 0.29) is 27.6 Å². The van der Waals surface area contributed by atoms with Gasteiger partial charge in [0.05, 0.1) is 25.8 Å². The number of nitrogens with zero attached hydrogens (tertiary/aromatic N) is 3. The minimum atomic E-state index is -4.47. The van der Waals surface area contributed by atoms with Crippen LogP contribution < -0.4 is 14.8 Å². The Labute approximate surface area is 172 Å². The maximum absolute atomic E-state index is 13.2. The summed E-state index contributed by atoms with van der Waals surface area (Å²) in [6.07, 6.45) is -3.06. The first-order chi connectivity index (χ1) is 14.4. The fourth-order valence-electron chi connectivity index (χ4n) is 2.81. The zero-order valence-electron chi connectivity index (χ0n) is 15.8. The van der Waals surface area contributed by atoms with Gasteiger partial charge < -0.3 is 19.3 Å². The van der Waals surface area contributed by atoms with Crippen molar-refractivity contribution in [2.24, 2.45) is 0 Å². The molecule has 4 aromatic rings. The number of thiophene rings is 1. The molecule has 0 spiro atoms. The molecule has 156 valence electrons. The molecule has 0 saturated carbocycles. The fraction of sp³-hybridized carbons (Fsp3) is 0.211. The van der Waals surface area contributed by atoms with E-state index in [0.717, 1.165) is 11.6 Å². The van der Waals surface area contributed by atoms with E-state index in [1.54, 1.807) is 12.1 Å². The SMILES string of the molecule is COc1ccc(CNc2nc(-c3ccno3)nc3sc(C(F)(F)F)cc23)cc1OC. The van der Waals surface area contributed by atoms with Crippen LogP contribution in [0.25, 0.3) is 21.8 Å². The number of hydrogen-bond donors (Lipinski definition) is 1. The highest BCUT2D eigenvalue weighted by Gasteiger charge is 2.34. The number of alkyl halides is 3. The van der Waals surface area contributed by atoms with Crippen molar-refractivity contribution in [1.29, 1.82) is 0 Å². The first-order valence-corrected chi connectivity index (χ1v) is 9.45. The smallest absolute Gasteiger partial charge is 0.425 e. The number of benzene rings is 1. The number of nitrogens with one attached hydrogen (secondary N) is 1. The molecule has 3 heterocycles. The molecule has 1 N–H and O–H groups in total. The monoisotopic (exact) mass is 436 g/mol. The van der Waals surface area contributed by atoms with Gasteiger partial charge in [0.15, 0.2) is 11.5 Å². The molecule has 0 saturated heterocycles. The van der Waals surface area contributed by atoms with E-state index in [1.807, 2.05) is 6.07 Å². The molecule has 1 aromatic carbocycles. The van der Waals surface area contributed by atoms with Crippen molar-refractivity contribution in [3.63, 3.8) is 0 Å². The maximum atomic E-state index is 13.2. The first-order valence-electron chi connectivity index (χ1n) is 8.63. The highest BCUT2D eigenvalue weighted by atomic mass is 32.1. The average Bonchev–Trinajstić information content (AvgIpc) is 3.41. The minimum Gasteiger partial charge on any atom is -0.493 e. The molecule has 30 heavy (non-hydrogen) atoms. The summed E-state index contributed by atoms with van der Waals surface area (Å²) in [5.74, 6) is 1.78. The number of fused-ring (bicyclic) bond motifs is 1. The summed E-state index contributed by atoms with van der Waals surface area (Å²) in [5.41, 5.74) is 0.826. The van der Waals surface area contributed by atoms with Crippen LogP contribution in [0.4, 0.5) is 19.0 Å². The third kappa shape index (κ3) is 3.88. The molecule has 0 aliphatic heterocycles. The molecule has 0 unspecified atom stereocenters. The van der Waals surface area contributed by atoms with Gasteiger partial charge in [0, 0.05) is 12.6 Å². The average molecular weight is 436 g/mol. The van der Waals surface area contributed by atoms with Crippen molar-refractivity contribution in [1.82, 2.24) is 15.1 Å². The lowest BCUT2D eigenvalue weighted by molar-refractivity contribution is -0.134. The molecule has 0 aliphatic carbocycles. The Morgan fingerprint density at radius 2 is 1.87 bits per heavy atom. The van der Waals surface area contributed by atoms with E-state index >= 15 is 0 Å². The normalized spacial score (nSPS) is 11.6. The van der Waals surface area contributed by atoms with Crippen molar-refractivity contribution in [3.05, 3.63) is 47.0 Å². The summed E-state index contributed by atoms with van der Waals surface area (Å²) in [6.45, 7) is 0.291. The standard InChI is InChI=1S/C19H15F3N4O3S/c1-27-12-4-3-10(7-14(12)28-2)9-23-16-11-8-15(19(20,21)22)30-18(11)26-17(25-16)13-5-6-24-29-13/h3-8H,9H2,1-2H3,(H,23,25,26). The summed E-state index contributed by atoms with van der Waals surface area (Å²) >= 11 is 0.548. The van der Waals surface area contributed by atoms with Gasteiger partial charge in [-0.1, -0.05) is 11.2 Å². The van der Waals surface area contributed by atoms with Crippen LogP contribution in [0.1, 0.15) is 10.4 Å². The molecule has 7 nitrogen and oxygen atoms in total. The third-order valence-corrected chi connectivity index (χ3v) is 5.31. The molecule has 0 amide bonds. The van der Waals surface area contributed by atoms with E-state index in [9.17, 15) is 13.2 Å². The molecule has 3 aromatic heterocycles. The summed E-state index contributed by atoms with van der Waals surface area (Å²) in [6, 6.07) is 7.92. The second-order valence-electron chi connectivity index (χ2n) is 6.14. The number of halogens is 3. The lowest BCUT2D eigenvalue weighted by atomic mass is 10.2. The first kappa shape index (κ1) is 20.0. The lowest BCUT2D eigenvalue weighted by Crippen LogP contribution is -2.04. The van der Waals surface area contributed by atoms with E-state index in [1.165, 1.54) is 26.5 Å². The van der Waals surface area contributed by atoms with E-state index in [0.29, 0.717) is 29.4 Å². The van der Waals surface area contributed by atoms with Gasteiger partial charge in [0.2, 0.25) is 11.6 Å². The van der Waals surface area contributed by atoms with Crippen LogP contribution >= 0.6 is 11.3 Å². The van der Waals surface area contributed by atoms with Gasteiger partial charge in [-0.15, -0.1) is 11.3 Å². The number of aromatic nitrogens is 3. The van der Waals surface area contributed by atoms with Crippen LogP contribution in [0.15, 0.2) is 41.1 Å². The van der Waals surface area contributed by atoms with Gasteiger partial charge in [-0.3, -0.25) is 0 Å². The molecule has 0 fully saturated rings. The van der Waals surface area contributed by atoms with Gasteiger partial charge in [0.1, 0.15) is 15.5 Å². The van der Waals surface area contributed by atoms with Crippen LogP contribution in [0.5, 0.6) is 11.5 Å². The third-order valence-electron chi connectivity index (χ3n) is 4.24. The predicted molar refractivity (Wildman–Crippen MR) is 105 cm³/mol. The Balaban J connectivity index is 1.72. The molecule has 11 heteroatoms. The van der Waals surface area contributed by atoms with Crippen molar-refractivity contribution >= 4 is 27.4 Å². The second-order valence-corrected chi connectivity index (χ2v) is 7.17. The van der Waals surface area contributed by atoms with Crippen molar-refractivity contribution in [2.45, 2.75) is 12.7 Å². The van der Waals surface area contributed by atoms with E-state index < -0.39 is 11.1 Å². The molecule has 0 atom stereocenters. The van der Waals surface area contributed by atoms with Gasteiger partial charge in [0.25, 0.3) is 0 Å². The Kier molecular flexibility index (Phi) is 5.20. The van der Waals surface area contributed by atoms with Crippen LogP contribution in [-0.2, 0) is 12.7 Å². The van der Waals surface area contributed by atoms with Crippen molar-refractivity contribution in [2.75, 3.05) is 19.5 Å². The van der Waals surface area contributed by atoms with Gasteiger partial charge >= 0.3 is 6.18 Å². The van der Waals surface area contributed by atoms with Crippen LogP contribution in [0.3, 0.4) is 0 Å². The zero-order valence-corrected chi connectivity index (χ0v) is 16.6. The summed E-state index contributed by atoms with van der Waals surface area (Å²) in [4.78, 5) is 8.01. The Morgan fingerprint density at radius 1 is 1.07 bits per heavy atom. The number of methoxy groups -OCH3 is 2. The maximum Gasteiger partial charge on any atom is 0.425 e. The molecular formula is C19H15F3N4O3S. The second kappa shape index (κ2) is 7.82. The van der Waals surface area contributed by atoms with Crippen molar-refractivity contribution < 1.29 is 27.2 Å². The fourth-order valence-corrected chi connectivity index (χ4v) is 3.71. The molecule has 4 rings (SSSR count). The predicted octanol–water partition coefficient (Wildman–Crippen LogP) is 4.99. The van der Waals surface area contributed by atoms with Crippen LogP contribution in [-0.4, -0.2) is 29.3 Å². The quantitative estimate of drug-likeness (QED) is 0.456. The Hall–Kier alpha value is -3.34. The largest absolute Gasteiger partial charge is 0.493 e. The number of rotatable bonds is 6. The topological polar surface area (TPSA) is 82.3 Å². The summed E-state index contributed by atoms with van der Waals surface area (Å²) in [7, 11) is 3.06. The van der Waals surface area contributed by atoms with Crippen LogP contribution in [0, 0.1) is 0 Å². The van der Waals surface area contributed by atoms with Gasteiger partial charge in [-0.25, -0.2) is 9.97 Å². The number of ether oxygens (including phenoxy) is 2. The van der Waals surface area contributed by atoms with Gasteiger partial charge in [-0.05, 0) is 23.8 Å². The molecular weight excluding hydrogens is 421 g/mol. The highest BCUT2D eigenvalue weighted by molar-refractivity contribution is 7.18. The van der Waals surface area contributed by atoms with Crippen molar-refractivity contribution in [3.8, 4) is 23.1 Å². The van der Waals surface area contributed by atoms with Gasteiger partial charge in [-0.2, -0.15) is 13.2 Å². The lowest BCUT2D eigenvalue weighted by Gasteiger charge is -2.11. The zero-order chi connectivity index (χ0) is 21.3. The highest BCUT2D eigenvalue weighted by Crippen LogP contribution is 2.40. The number of anilines is 1. The molecule has 0 radical (unpaired) electrons. The Bertz CT molecular complexity index is 1180. The number of hydrogen-bond acceptors (Lipinski definition) is 8. The molecule has 0 bridgehead atoms. The summed E-state index contributed by atoms with van der Waals surface area (Å²) in [5, 5.41) is 6.97. The molecule has 0 aliphatic rings. The van der Waals surface area contributed by atoms with E-state index in [2.05, 4.69) is 20.4 Å².